The summed E-state index contributed by atoms with van der Waals surface area (Å²) in [5, 5.41) is 2.89. The van der Waals surface area contributed by atoms with Gasteiger partial charge in [0.05, 0.1) is 26.3 Å². The van der Waals surface area contributed by atoms with E-state index in [4.69, 9.17) is 9.15 Å². The summed E-state index contributed by atoms with van der Waals surface area (Å²) in [6, 6.07) is 11.4. The number of nitrogens with zero attached hydrogens (tertiary/aromatic N) is 1. The number of ether oxygens (including phenoxy) is 1. The van der Waals surface area contributed by atoms with Crippen LogP contribution in [0.15, 0.2) is 40.8 Å². The second-order valence-corrected chi connectivity index (χ2v) is 6.70. The van der Waals surface area contributed by atoms with Crippen molar-refractivity contribution in [3.05, 3.63) is 57.1 Å². The van der Waals surface area contributed by atoms with E-state index in [9.17, 15) is 4.79 Å². The first-order valence-corrected chi connectivity index (χ1v) is 8.70. The lowest BCUT2D eigenvalue weighted by Gasteiger charge is -2.25. The number of hydrogen-bond donors (Lipinski definition) is 1. The normalized spacial score (nSPS) is 15.5. The molecule has 122 valence electrons. The van der Waals surface area contributed by atoms with Crippen molar-refractivity contribution in [1.29, 1.82) is 0 Å². The monoisotopic (exact) mass is 426 g/mol. The van der Waals surface area contributed by atoms with Gasteiger partial charge in [-0.3, -0.25) is 9.69 Å². The maximum Gasteiger partial charge on any atom is 0.251 e. The predicted octanol–water partition coefficient (Wildman–Crippen LogP) is 2.65. The number of hydrogen-bond acceptors (Lipinski definition) is 4. The van der Waals surface area contributed by atoms with E-state index in [1.165, 1.54) is 0 Å². The highest BCUT2D eigenvalue weighted by Crippen LogP contribution is 2.12. The van der Waals surface area contributed by atoms with Crippen molar-refractivity contribution in [2.45, 2.75) is 13.1 Å². The maximum absolute atomic E-state index is 12.1. The quantitative estimate of drug-likeness (QED) is 0.748. The number of halogens is 1. The number of carbonyl (C=O) groups is 1. The van der Waals surface area contributed by atoms with Gasteiger partial charge in [0.2, 0.25) is 0 Å². The fourth-order valence-corrected chi connectivity index (χ4v) is 3.02. The molecule has 1 amide bonds. The molecule has 0 saturated carbocycles. The summed E-state index contributed by atoms with van der Waals surface area (Å²) < 4.78 is 12.2. The van der Waals surface area contributed by atoms with Gasteiger partial charge < -0.3 is 14.5 Å². The number of carbonyl (C=O) groups excluding carboxylic acids is 1. The maximum atomic E-state index is 12.1. The first-order chi connectivity index (χ1) is 11.2. The standard InChI is InChI=1S/C17H19IN2O3/c18-14-3-1-2-13(10-14)17(21)19-11-15-4-5-16(23-15)12-20-6-8-22-9-7-20/h1-5,10H,6-9,11-12H2,(H,19,21). The minimum absolute atomic E-state index is 0.0883. The average Bonchev–Trinajstić information content (AvgIpc) is 3.01. The van der Waals surface area contributed by atoms with Gasteiger partial charge in [0.1, 0.15) is 11.5 Å². The molecule has 1 aliphatic rings. The van der Waals surface area contributed by atoms with Crippen LogP contribution >= 0.6 is 22.6 Å². The van der Waals surface area contributed by atoms with Crippen LogP contribution in [0.3, 0.4) is 0 Å². The van der Waals surface area contributed by atoms with E-state index in [2.05, 4.69) is 32.8 Å². The van der Waals surface area contributed by atoms with Crippen molar-refractivity contribution in [1.82, 2.24) is 10.2 Å². The van der Waals surface area contributed by atoms with Gasteiger partial charge >= 0.3 is 0 Å². The Morgan fingerprint density at radius 1 is 1.17 bits per heavy atom. The van der Waals surface area contributed by atoms with Crippen molar-refractivity contribution >= 4 is 28.5 Å². The summed E-state index contributed by atoms with van der Waals surface area (Å²) in [7, 11) is 0. The Morgan fingerprint density at radius 2 is 1.96 bits per heavy atom. The molecule has 1 fully saturated rings. The third-order valence-corrected chi connectivity index (χ3v) is 4.38. The van der Waals surface area contributed by atoms with E-state index in [0.717, 1.165) is 47.9 Å². The van der Waals surface area contributed by atoms with Crippen molar-refractivity contribution in [3.63, 3.8) is 0 Å². The van der Waals surface area contributed by atoms with Crippen LogP contribution in [0.25, 0.3) is 0 Å². The zero-order valence-electron chi connectivity index (χ0n) is 12.8. The molecule has 2 heterocycles. The molecule has 3 rings (SSSR count). The predicted molar refractivity (Wildman–Crippen MR) is 95.1 cm³/mol. The molecule has 0 atom stereocenters. The molecule has 6 heteroatoms. The van der Waals surface area contributed by atoms with Gasteiger partial charge in [-0.15, -0.1) is 0 Å². The fourth-order valence-electron chi connectivity index (χ4n) is 2.48. The van der Waals surface area contributed by atoms with E-state index < -0.39 is 0 Å². The molecule has 1 N–H and O–H groups in total. The number of amides is 1. The number of rotatable bonds is 5. The Bertz CT molecular complexity index is 665. The summed E-state index contributed by atoms with van der Waals surface area (Å²) in [6.45, 7) is 4.60. The molecule has 2 aromatic rings. The lowest BCUT2D eigenvalue weighted by atomic mass is 10.2. The van der Waals surface area contributed by atoms with E-state index in [1.807, 2.05) is 36.4 Å². The Labute approximate surface area is 149 Å². The van der Waals surface area contributed by atoms with Crippen LogP contribution in [-0.2, 0) is 17.8 Å². The molecule has 0 bridgehead atoms. The Kier molecular flexibility index (Phi) is 5.69. The third kappa shape index (κ3) is 4.79. The number of benzene rings is 1. The third-order valence-electron chi connectivity index (χ3n) is 3.71. The van der Waals surface area contributed by atoms with Gasteiger partial charge in [-0.1, -0.05) is 6.07 Å². The molecular formula is C17H19IN2O3. The van der Waals surface area contributed by atoms with Gasteiger partial charge in [0.15, 0.2) is 0 Å². The molecule has 23 heavy (non-hydrogen) atoms. The molecule has 1 aromatic carbocycles. The summed E-state index contributed by atoms with van der Waals surface area (Å²) >= 11 is 2.20. The largest absolute Gasteiger partial charge is 0.463 e. The summed E-state index contributed by atoms with van der Waals surface area (Å²) in [6.07, 6.45) is 0. The number of morpholine rings is 1. The SMILES string of the molecule is O=C(NCc1ccc(CN2CCOCC2)o1)c1cccc(I)c1. The van der Waals surface area contributed by atoms with E-state index in [0.29, 0.717) is 12.1 Å². The van der Waals surface area contributed by atoms with Crippen molar-refractivity contribution in [2.75, 3.05) is 26.3 Å². The average molecular weight is 426 g/mol. The molecule has 1 saturated heterocycles. The van der Waals surface area contributed by atoms with Crippen molar-refractivity contribution < 1.29 is 13.9 Å². The first-order valence-electron chi connectivity index (χ1n) is 7.62. The van der Waals surface area contributed by atoms with Gasteiger partial charge in [-0.05, 0) is 52.9 Å². The first kappa shape index (κ1) is 16.5. The molecule has 1 aromatic heterocycles. The summed E-state index contributed by atoms with van der Waals surface area (Å²) in [5.41, 5.74) is 0.664. The smallest absolute Gasteiger partial charge is 0.251 e. The van der Waals surface area contributed by atoms with Crippen LogP contribution in [0, 0.1) is 3.57 Å². The minimum atomic E-state index is -0.0883. The van der Waals surface area contributed by atoms with Crippen molar-refractivity contribution in [2.24, 2.45) is 0 Å². The Hall–Kier alpha value is -1.38. The van der Waals surface area contributed by atoms with Crippen LogP contribution < -0.4 is 5.32 Å². The van der Waals surface area contributed by atoms with E-state index in [-0.39, 0.29) is 5.91 Å². The number of nitrogens with one attached hydrogen (secondary N) is 1. The topological polar surface area (TPSA) is 54.7 Å². The van der Waals surface area contributed by atoms with Crippen LogP contribution in [0.5, 0.6) is 0 Å². The highest BCUT2D eigenvalue weighted by atomic mass is 127. The van der Waals surface area contributed by atoms with Gasteiger partial charge in [0.25, 0.3) is 5.91 Å². The molecule has 1 aliphatic heterocycles. The second kappa shape index (κ2) is 7.94. The molecule has 5 nitrogen and oxygen atoms in total. The van der Waals surface area contributed by atoms with E-state index in [1.54, 1.807) is 0 Å². The summed E-state index contributed by atoms with van der Waals surface area (Å²) in [5.74, 6) is 1.60. The lowest BCUT2D eigenvalue weighted by Crippen LogP contribution is -2.35. The van der Waals surface area contributed by atoms with Crippen LogP contribution in [0.4, 0.5) is 0 Å². The molecule has 0 aliphatic carbocycles. The second-order valence-electron chi connectivity index (χ2n) is 5.45. The molecule has 0 unspecified atom stereocenters. The zero-order valence-corrected chi connectivity index (χ0v) is 14.9. The highest BCUT2D eigenvalue weighted by molar-refractivity contribution is 14.1. The fraction of sp³-hybridized carbons (Fsp3) is 0.353. The van der Waals surface area contributed by atoms with E-state index >= 15 is 0 Å². The zero-order chi connectivity index (χ0) is 16.1. The molecule has 0 radical (unpaired) electrons. The van der Waals surface area contributed by atoms with Gasteiger partial charge in [-0.2, -0.15) is 0 Å². The Balaban J connectivity index is 1.51. The van der Waals surface area contributed by atoms with Crippen molar-refractivity contribution in [3.8, 4) is 0 Å². The summed E-state index contributed by atoms with van der Waals surface area (Å²) in [4.78, 5) is 14.4. The van der Waals surface area contributed by atoms with Gasteiger partial charge in [0, 0.05) is 22.2 Å². The minimum Gasteiger partial charge on any atom is -0.463 e. The highest BCUT2D eigenvalue weighted by Gasteiger charge is 2.13. The molecular weight excluding hydrogens is 407 g/mol. The lowest BCUT2D eigenvalue weighted by molar-refractivity contribution is 0.0312. The Morgan fingerprint density at radius 3 is 2.74 bits per heavy atom. The van der Waals surface area contributed by atoms with Crippen LogP contribution in [-0.4, -0.2) is 37.1 Å². The van der Waals surface area contributed by atoms with Crippen LogP contribution in [0.2, 0.25) is 0 Å². The number of furan rings is 1. The van der Waals surface area contributed by atoms with Crippen LogP contribution in [0.1, 0.15) is 21.9 Å². The molecule has 0 spiro atoms. The van der Waals surface area contributed by atoms with Gasteiger partial charge in [-0.25, -0.2) is 0 Å².